The highest BCUT2D eigenvalue weighted by Gasteiger charge is 2.32. The monoisotopic (exact) mass is 419 g/mol. The third-order valence-electron chi connectivity index (χ3n) is 5.37. The summed E-state index contributed by atoms with van der Waals surface area (Å²) in [4.78, 5) is 23.9. The van der Waals surface area contributed by atoms with Crippen LogP contribution in [0.25, 0.3) is 11.0 Å². The van der Waals surface area contributed by atoms with Crippen LogP contribution in [0, 0.1) is 5.92 Å². The number of benzene rings is 1. The van der Waals surface area contributed by atoms with Crippen LogP contribution in [0.4, 0.5) is 24.7 Å². The van der Waals surface area contributed by atoms with Gasteiger partial charge in [-0.1, -0.05) is 0 Å². The number of hydrogen-bond donors (Lipinski definition) is 3. The van der Waals surface area contributed by atoms with Crippen molar-refractivity contribution in [3.63, 3.8) is 0 Å². The molecule has 1 aliphatic carbocycles. The van der Waals surface area contributed by atoms with Gasteiger partial charge in [-0.25, -0.2) is 9.97 Å². The van der Waals surface area contributed by atoms with E-state index in [2.05, 4.69) is 25.6 Å². The number of aryl methyl sites for hydroxylation is 1. The zero-order chi connectivity index (χ0) is 21.5. The van der Waals surface area contributed by atoms with E-state index in [1.54, 1.807) is 7.05 Å². The number of halogens is 3. The number of carbonyl (C=O) groups excluding carboxylic acids is 1. The number of hydrogen-bond acceptors (Lipinski definition) is 5. The molecule has 3 N–H and O–H groups in total. The van der Waals surface area contributed by atoms with Crippen LogP contribution in [-0.2, 0) is 23.8 Å². The zero-order valence-electron chi connectivity index (χ0n) is 16.4. The van der Waals surface area contributed by atoms with Crippen LogP contribution < -0.4 is 15.4 Å². The Kier molecular flexibility index (Phi) is 5.00. The Balaban J connectivity index is 1.78. The summed E-state index contributed by atoms with van der Waals surface area (Å²) in [6.45, 7) is 0. The van der Waals surface area contributed by atoms with E-state index in [1.807, 2.05) is 0 Å². The second-order valence-electron chi connectivity index (χ2n) is 7.12. The number of amides is 1. The minimum Gasteiger partial charge on any atom is -0.495 e. The molecule has 2 heterocycles. The van der Waals surface area contributed by atoms with Crippen LogP contribution in [0.2, 0.25) is 0 Å². The Morgan fingerprint density at radius 1 is 1.30 bits per heavy atom. The maximum atomic E-state index is 13.2. The van der Waals surface area contributed by atoms with Gasteiger partial charge in [0.15, 0.2) is 0 Å². The number of anilines is 2. The molecule has 1 unspecified atom stereocenters. The summed E-state index contributed by atoms with van der Waals surface area (Å²) in [7, 11) is 2.98. The molecule has 10 heteroatoms. The largest absolute Gasteiger partial charge is 0.495 e. The Bertz CT molecular complexity index is 1110. The highest BCUT2D eigenvalue weighted by molar-refractivity contribution is 5.94. The topological polar surface area (TPSA) is 91.9 Å². The third-order valence-corrected chi connectivity index (χ3v) is 5.37. The molecule has 0 spiro atoms. The lowest BCUT2D eigenvalue weighted by molar-refractivity contribution is -0.137. The van der Waals surface area contributed by atoms with Crippen molar-refractivity contribution in [3.05, 3.63) is 41.3 Å². The maximum Gasteiger partial charge on any atom is 0.416 e. The Morgan fingerprint density at radius 2 is 2.10 bits per heavy atom. The fraction of sp³-hybridized carbons (Fsp3) is 0.350. The number of nitrogens with one attached hydrogen (secondary N) is 3. The van der Waals surface area contributed by atoms with Gasteiger partial charge in [-0.2, -0.15) is 13.2 Å². The fourth-order valence-electron chi connectivity index (χ4n) is 3.87. The van der Waals surface area contributed by atoms with Gasteiger partial charge in [0.05, 0.1) is 23.7 Å². The van der Waals surface area contributed by atoms with Gasteiger partial charge in [-0.3, -0.25) is 4.79 Å². The SMILES string of the molecule is CNC(=O)C1CCc2[nH]c3ncnc(Nc4cc(C(F)(F)F)ccc4OC)c3c2C1. The van der Waals surface area contributed by atoms with E-state index in [1.165, 1.54) is 19.5 Å². The quantitative estimate of drug-likeness (QED) is 0.601. The average Bonchev–Trinajstić information content (AvgIpc) is 3.11. The molecule has 0 saturated heterocycles. The van der Waals surface area contributed by atoms with Crippen molar-refractivity contribution in [1.82, 2.24) is 20.3 Å². The van der Waals surface area contributed by atoms with Crippen molar-refractivity contribution in [2.24, 2.45) is 5.92 Å². The zero-order valence-corrected chi connectivity index (χ0v) is 16.4. The van der Waals surface area contributed by atoms with Crippen LogP contribution in [-0.4, -0.2) is 35.0 Å². The fourth-order valence-corrected chi connectivity index (χ4v) is 3.87. The summed E-state index contributed by atoms with van der Waals surface area (Å²) in [6, 6.07) is 3.21. The van der Waals surface area contributed by atoms with E-state index in [9.17, 15) is 18.0 Å². The van der Waals surface area contributed by atoms with E-state index in [0.29, 0.717) is 36.1 Å². The number of aromatic amines is 1. The standard InChI is InChI=1S/C20H20F3N5O2/c1-24-19(29)10-3-5-13-12(7-10)16-17(27-13)25-9-26-18(16)28-14-8-11(20(21,22)23)4-6-15(14)30-2/h4,6,8-10H,3,5,7H2,1-2H3,(H,24,29)(H2,25,26,27,28). The van der Waals surface area contributed by atoms with Gasteiger partial charge in [-0.05, 0) is 43.0 Å². The predicted molar refractivity (Wildman–Crippen MR) is 105 cm³/mol. The molecule has 30 heavy (non-hydrogen) atoms. The average molecular weight is 419 g/mol. The van der Waals surface area contributed by atoms with Crippen LogP contribution in [0.5, 0.6) is 5.75 Å². The molecular formula is C20H20F3N5O2. The van der Waals surface area contributed by atoms with Crippen molar-refractivity contribution in [2.45, 2.75) is 25.4 Å². The van der Waals surface area contributed by atoms with Crippen molar-refractivity contribution in [3.8, 4) is 5.75 Å². The summed E-state index contributed by atoms with van der Waals surface area (Å²) in [5.41, 5.74) is 1.78. The first-order valence-corrected chi connectivity index (χ1v) is 9.40. The third kappa shape index (κ3) is 3.53. The number of aromatic nitrogens is 3. The van der Waals surface area contributed by atoms with Crippen LogP contribution in [0.3, 0.4) is 0 Å². The number of rotatable bonds is 4. The molecule has 0 aliphatic heterocycles. The lowest BCUT2D eigenvalue weighted by Gasteiger charge is -2.21. The highest BCUT2D eigenvalue weighted by Crippen LogP contribution is 2.39. The molecule has 1 aliphatic rings. The molecule has 158 valence electrons. The number of methoxy groups -OCH3 is 1. The number of fused-ring (bicyclic) bond motifs is 3. The Hall–Kier alpha value is -3.30. The van der Waals surface area contributed by atoms with E-state index in [-0.39, 0.29) is 23.3 Å². The normalized spacial score (nSPS) is 16.2. The Labute approximate surface area is 170 Å². The van der Waals surface area contributed by atoms with E-state index < -0.39 is 11.7 Å². The van der Waals surface area contributed by atoms with Gasteiger partial charge < -0.3 is 20.4 Å². The number of nitrogens with zero attached hydrogens (tertiary/aromatic N) is 2. The van der Waals surface area contributed by atoms with Crippen LogP contribution >= 0.6 is 0 Å². The molecule has 0 radical (unpaired) electrons. The number of H-pyrrole nitrogens is 1. The first kappa shape index (κ1) is 20.0. The minimum atomic E-state index is -4.49. The van der Waals surface area contributed by atoms with Gasteiger partial charge in [0.25, 0.3) is 0 Å². The molecule has 3 aromatic rings. The number of alkyl halides is 3. The maximum absolute atomic E-state index is 13.2. The van der Waals surface area contributed by atoms with Crippen LogP contribution in [0.15, 0.2) is 24.5 Å². The van der Waals surface area contributed by atoms with Gasteiger partial charge in [0.1, 0.15) is 23.5 Å². The number of ether oxygens (including phenoxy) is 1. The second kappa shape index (κ2) is 7.51. The van der Waals surface area contributed by atoms with Crippen LogP contribution in [0.1, 0.15) is 23.2 Å². The molecule has 7 nitrogen and oxygen atoms in total. The molecule has 1 aromatic carbocycles. The molecule has 0 saturated carbocycles. The van der Waals surface area contributed by atoms with E-state index in [4.69, 9.17) is 4.74 Å². The van der Waals surface area contributed by atoms with Crippen molar-refractivity contribution in [1.29, 1.82) is 0 Å². The Morgan fingerprint density at radius 3 is 2.80 bits per heavy atom. The summed E-state index contributed by atoms with van der Waals surface area (Å²) in [5.74, 6) is 0.383. The lowest BCUT2D eigenvalue weighted by atomic mass is 9.86. The van der Waals surface area contributed by atoms with Crippen molar-refractivity contribution in [2.75, 3.05) is 19.5 Å². The van der Waals surface area contributed by atoms with E-state index >= 15 is 0 Å². The summed E-state index contributed by atoms with van der Waals surface area (Å²) in [5, 5.41) is 6.32. The summed E-state index contributed by atoms with van der Waals surface area (Å²) in [6.07, 6.45) is -1.27. The smallest absolute Gasteiger partial charge is 0.416 e. The minimum absolute atomic E-state index is 0.0408. The predicted octanol–water partition coefficient (Wildman–Crippen LogP) is 3.58. The van der Waals surface area contributed by atoms with Gasteiger partial charge in [-0.15, -0.1) is 0 Å². The van der Waals surface area contributed by atoms with Crippen molar-refractivity contribution < 1.29 is 22.7 Å². The first-order valence-electron chi connectivity index (χ1n) is 9.40. The highest BCUT2D eigenvalue weighted by atomic mass is 19.4. The van der Waals surface area contributed by atoms with E-state index in [0.717, 1.165) is 23.4 Å². The lowest BCUT2D eigenvalue weighted by Crippen LogP contribution is -2.31. The molecule has 0 bridgehead atoms. The second-order valence-corrected chi connectivity index (χ2v) is 7.12. The molecular weight excluding hydrogens is 399 g/mol. The van der Waals surface area contributed by atoms with Gasteiger partial charge in [0, 0.05) is 18.7 Å². The summed E-state index contributed by atoms with van der Waals surface area (Å²) < 4.78 is 44.8. The van der Waals surface area contributed by atoms with Crippen molar-refractivity contribution >= 4 is 28.4 Å². The number of carbonyl (C=O) groups is 1. The molecule has 1 atom stereocenters. The molecule has 2 aromatic heterocycles. The molecule has 4 rings (SSSR count). The van der Waals surface area contributed by atoms with Gasteiger partial charge >= 0.3 is 6.18 Å². The molecule has 1 amide bonds. The summed E-state index contributed by atoms with van der Waals surface area (Å²) >= 11 is 0. The van der Waals surface area contributed by atoms with Gasteiger partial charge in [0.2, 0.25) is 5.91 Å². The molecule has 0 fully saturated rings. The first-order chi connectivity index (χ1) is 14.3.